The standard InChI is InChI=1S/C21H27Cl2N3O3/c1-14-4-2-8-25(13-14)19(27)6-7-24-20(28)18-5-3-9-26(18)21(29)15-10-16(22)12-17(23)11-15/h10-12,14,18H,2-9,13H2,1H3,(H,24,28). The molecule has 2 aliphatic heterocycles. The molecule has 2 aliphatic rings. The molecule has 3 amide bonds. The number of nitrogens with zero attached hydrogens (tertiary/aromatic N) is 2. The minimum absolute atomic E-state index is 0.0739. The van der Waals surface area contributed by atoms with Crippen LogP contribution in [0.2, 0.25) is 10.0 Å². The maximum atomic E-state index is 12.9. The first-order valence-corrected chi connectivity index (χ1v) is 10.9. The van der Waals surface area contributed by atoms with Gasteiger partial charge in [-0.2, -0.15) is 0 Å². The van der Waals surface area contributed by atoms with Gasteiger partial charge >= 0.3 is 0 Å². The summed E-state index contributed by atoms with van der Waals surface area (Å²) in [6, 6.07) is 4.14. The van der Waals surface area contributed by atoms with E-state index < -0.39 is 6.04 Å². The molecule has 0 spiro atoms. The third-order valence-electron chi connectivity index (χ3n) is 5.57. The van der Waals surface area contributed by atoms with Crippen molar-refractivity contribution < 1.29 is 14.4 Å². The van der Waals surface area contributed by atoms with Crippen molar-refractivity contribution in [1.29, 1.82) is 0 Å². The Morgan fingerprint density at radius 3 is 2.45 bits per heavy atom. The smallest absolute Gasteiger partial charge is 0.254 e. The van der Waals surface area contributed by atoms with Gasteiger partial charge in [0.2, 0.25) is 11.8 Å². The van der Waals surface area contributed by atoms with Gasteiger partial charge in [0.1, 0.15) is 6.04 Å². The van der Waals surface area contributed by atoms with Crippen LogP contribution in [0.1, 0.15) is 49.4 Å². The number of benzene rings is 1. The van der Waals surface area contributed by atoms with Crippen LogP contribution >= 0.6 is 23.2 Å². The quantitative estimate of drug-likeness (QED) is 0.764. The highest BCUT2D eigenvalue weighted by Gasteiger charge is 2.34. The first-order chi connectivity index (χ1) is 13.8. The second-order valence-electron chi connectivity index (χ2n) is 7.94. The Bertz CT molecular complexity index is 766. The Morgan fingerprint density at radius 2 is 1.76 bits per heavy atom. The van der Waals surface area contributed by atoms with Crippen LogP contribution in [0, 0.1) is 5.92 Å². The monoisotopic (exact) mass is 439 g/mol. The molecule has 0 bridgehead atoms. The Kier molecular flexibility index (Phi) is 7.41. The second kappa shape index (κ2) is 9.81. The van der Waals surface area contributed by atoms with E-state index in [0.717, 1.165) is 32.4 Å². The van der Waals surface area contributed by atoms with E-state index >= 15 is 0 Å². The van der Waals surface area contributed by atoms with E-state index in [4.69, 9.17) is 23.2 Å². The summed E-state index contributed by atoms with van der Waals surface area (Å²) in [5, 5.41) is 3.59. The van der Waals surface area contributed by atoms with Crippen molar-refractivity contribution in [3.8, 4) is 0 Å². The topological polar surface area (TPSA) is 69.7 Å². The van der Waals surface area contributed by atoms with E-state index in [2.05, 4.69) is 12.2 Å². The maximum Gasteiger partial charge on any atom is 0.254 e. The van der Waals surface area contributed by atoms with E-state index in [-0.39, 0.29) is 30.7 Å². The van der Waals surface area contributed by atoms with Crippen molar-refractivity contribution in [1.82, 2.24) is 15.1 Å². The van der Waals surface area contributed by atoms with Crippen molar-refractivity contribution in [3.05, 3.63) is 33.8 Å². The number of likely N-dealkylation sites (tertiary alicyclic amines) is 2. The summed E-state index contributed by atoms with van der Waals surface area (Å²) in [7, 11) is 0. The number of carbonyl (C=O) groups excluding carboxylic acids is 3. The summed E-state index contributed by atoms with van der Waals surface area (Å²) in [6.45, 7) is 4.53. The van der Waals surface area contributed by atoms with E-state index in [9.17, 15) is 14.4 Å². The van der Waals surface area contributed by atoms with Gasteiger partial charge < -0.3 is 15.1 Å². The number of rotatable bonds is 5. The van der Waals surface area contributed by atoms with Crippen molar-refractivity contribution in [3.63, 3.8) is 0 Å². The van der Waals surface area contributed by atoms with Crippen molar-refractivity contribution in [2.45, 2.75) is 45.1 Å². The lowest BCUT2D eigenvalue weighted by atomic mass is 10.00. The van der Waals surface area contributed by atoms with Crippen LogP contribution in [0.5, 0.6) is 0 Å². The van der Waals surface area contributed by atoms with Crippen LogP contribution in [0.15, 0.2) is 18.2 Å². The lowest BCUT2D eigenvalue weighted by Gasteiger charge is -2.31. The molecule has 6 nitrogen and oxygen atoms in total. The summed E-state index contributed by atoms with van der Waals surface area (Å²) in [5.41, 5.74) is 0.372. The molecule has 1 aromatic rings. The normalized spacial score (nSPS) is 21.9. The zero-order valence-corrected chi connectivity index (χ0v) is 18.1. The number of hydrogen-bond donors (Lipinski definition) is 1. The molecule has 8 heteroatoms. The molecule has 2 atom stereocenters. The van der Waals surface area contributed by atoms with E-state index in [1.54, 1.807) is 23.1 Å². The molecule has 2 heterocycles. The molecule has 158 valence electrons. The fourth-order valence-electron chi connectivity index (χ4n) is 4.11. The van der Waals surface area contributed by atoms with Gasteiger partial charge in [-0.15, -0.1) is 0 Å². The molecular formula is C21H27Cl2N3O3. The summed E-state index contributed by atoms with van der Waals surface area (Å²) >= 11 is 12.0. The number of amides is 3. The summed E-state index contributed by atoms with van der Waals surface area (Å²) in [5.74, 6) is 0.124. The first kappa shape index (κ1) is 21.9. The number of hydrogen-bond acceptors (Lipinski definition) is 3. The lowest BCUT2D eigenvalue weighted by Crippen LogP contribution is -2.47. The van der Waals surface area contributed by atoms with Crippen LogP contribution in [0.25, 0.3) is 0 Å². The van der Waals surface area contributed by atoms with E-state index in [1.165, 1.54) is 0 Å². The van der Waals surface area contributed by atoms with Gasteiger partial charge in [-0.1, -0.05) is 30.1 Å². The maximum absolute atomic E-state index is 12.9. The molecule has 0 aromatic heterocycles. The van der Waals surface area contributed by atoms with Gasteiger partial charge in [0.25, 0.3) is 5.91 Å². The van der Waals surface area contributed by atoms with Gasteiger partial charge in [-0.25, -0.2) is 0 Å². The molecule has 29 heavy (non-hydrogen) atoms. The number of nitrogens with one attached hydrogen (secondary N) is 1. The van der Waals surface area contributed by atoms with Gasteiger partial charge in [0.15, 0.2) is 0 Å². The summed E-state index contributed by atoms with van der Waals surface area (Å²) < 4.78 is 0. The van der Waals surface area contributed by atoms with Crippen molar-refractivity contribution in [2.24, 2.45) is 5.92 Å². The molecule has 1 aromatic carbocycles. The minimum atomic E-state index is -0.537. The highest BCUT2D eigenvalue weighted by molar-refractivity contribution is 6.35. The van der Waals surface area contributed by atoms with Crippen molar-refractivity contribution in [2.75, 3.05) is 26.2 Å². The number of piperidine rings is 1. The van der Waals surface area contributed by atoms with Crippen LogP contribution in [0.4, 0.5) is 0 Å². The Hall–Kier alpha value is -1.79. The van der Waals surface area contributed by atoms with Crippen molar-refractivity contribution >= 4 is 40.9 Å². The fourth-order valence-corrected chi connectivity index (χ4v) is 4.64. The fraction of sp³-hybridized carbons (Fsp3) is 0.571. The molecule has 0 saturated carbocycles. The largest absolute Gasteiger partial charge is 0.354 e. The number of halogens is 2. The zero-order chi connectivity index (χ0) is 21.0. The summed E-state index contributed by atoms with van der Waals surface area (Å²) in [6.07, 6.45) is 3.82. The SMILES string of the molecule is CC1CCCN(C(=O)CCNC(=O)C2CCCN2C(=O)c2cc(Cl)cc(Cl)c2)C1. The minimum Gasteiger partial charge on any atom is -0.354 e. The first-order valence-electron chi connectivity index (χ1n) is 10.2. The van der Waals surface area contributed by atoms with Crippen LogP contribution < -0.4 is 5.32 Å². The molecule has 2 unspecified atom stereocenters. The molecule has 1 N–H and O–H groups in total. The summed E-state index contributed by atoms with van der Waals surface area (Å²) in [4.78, 5) is 41.3. The molecule has 2 saturated heterocycles. The van der Waals surface area contributed by atoms with Crippen LogP contribution in [-0.4, -0.2) is 59.7 Å². The predicted molar refractivity (Wildman–Crippen MR) is 113 cm³/mol. The molecular weight excluding hydrogens is 413 g/mol. The Labute approximate surface area is 181 Å². The van der Waals surface area contributed by atoms with Gasteiger partial charge in [0.05, 0.1) is 0 Å². The predicted octanol–water partition coefficient (Wildman–Crippen LogP) is 3.36. The van der Waals surface area contributed by atoms with Gasteiger partial charge in [0, 0.05) is 48.2 Å². The third-order valence-corrected chi connectivity index (χ3v) is 6.01. The Morgan fingerprint density at radius 1 is 1.07 bits per heavy atom. The van der Waals surface area contributed by atoms with Gasteiger partial charge in [-0.3, -0.25) is 14.4 Å². The van der Waals surface area contributed by atoms with Crippen LogP contribution in [0.3, 0.4) is 0 Å². The highest BCUT2D eigenvalue weighted by Crippen LogP contribution is 2.24. The van der Waals surface area contributed by atoms with Crippen LogP contribution in [-0.2, 0) is 9.59 Å². The Balaban J connectivity index is 1.53. The highest BCUT2D eigenvalue weighted by atomic mass is 35.5. The van der Waals surface area contributed by atoms with E-state index in [0.29, 0.717) is 34.5 Å². The molecule has 2 fully saturated rings. The van der Waals surface area contributed by atoms with Gasteiger partial charge in [-0.05, 0) is 49.8 Å². The molecule has 3 rings (SSSR count). The average molecular weight is 440 g/mol. The molecule has 0 aliphatic carbocycles. The molecule has 0 radical (unpaired) electrons. The zero-order valence-electron chi connectivity index (χ0n) is 16.6. The number of carbonyl (C=O) groups is 3. The van der Waals surface area contributed by atoms with E-state index in [1.807, 2.05) is 4.90 Å². The second-order valence-corrected chi connectivity index (χ2v) is 8.82. The lowest BCUT2D eigenvalue weighted by molar-refractivity contribution is -0.133. The average Bonchev–Trinajstić information content (AvgIpc) is 3.16. The third kappa shape index (κ3) is 5.64.